The van der Waals surface area contributed by atoms with Crippen molar-refractivity contribution in [3.63, 3.8) is 0 Å². The molecular weight excluding hydrogens is 400 g/mol. The Morgan fingerprint density at radius 2 is 1.63 bits per heavy atom. The van der Waals surface area contributed by atoms with E-state index in [1.54, 1.807) is 23.9 Å². The zero-order valence-corrected chi connectivity index (χ0v) is 20.0. The maximum absolute atomic E-state index is 12.9. The summed E-state index contributed by atoms with van der Waals surface area (Å²) in [5, 5.41) is 5.58. The molecule has 7 heteroatoms. The number of methoxy groups -OCH3 is 1. The van der Waals surface area contributed by atoms with Crippen molar-refractivity contribution in [3.05, 3.63) is 35.4 Å². The average molecular weight is 437 g/mol. The lowest BCUT2D eigenvalue weighted by Gasteiger charge is -2.23. The molecule has 0 aliphatic carbocycles. The summed E-state index contributed by atoms with van der Waals surface area (Å²) in [7, 11) is 1.30. The van der Waals surface area contributed by atoms with E-state index in [0.29, 0.717) is 24.2 Å². The minimum absolute atomic E-state index is 0.00521. The van der Waals surface area contributed by atoms with Gasteiger partial charge in [-0.05, 0) is 53.9 Å². The third-order valence-electron chi connectivity index (χ3n) is 4.75. The average Bonchev–Trinajstić information content (AvgIpc) is 2.68. The molecule has 1 rings (SSSR count). The molecule has 2 N–H and O–H groups in total. The summed E-state index contributed by atoms with van der Waals surface area (Å²) in [6.07, 6.45) is 2.87. The SMILES string of the molecule is COC(=O)[C@H](CCSC)NC(=O)[C@H](CC(C)C)NC(=O)c1ccc(C(C)(C)C)cc1. The fraction of sp³-hybridized carbons (Fsp3) is 0.609. The predicted octanol–water partition coefficient (Wildman–Crippen LogP) is 3.54. The monoisotopic (exact) mass is 436 g/mol. The van der Waals surface area contributed by atoms with E-state index in [4.69, 9.17) is 4.74 Å². The lowest BCUT2D eigenvalue weighted by Crippen LogP contribution is -2.52. The van der Waals surface area contributed by atoms with Crippen molar-refractivity contribution in [1.29, 1.82) is 0 Å². The maximum atomic E-state index is 12.9. The fourth-order valence-electron chi connectivity index (χ4n) is 2.97. The second kappa shape index (κ2) is 12.0. The van der Waals surface area contributed by atoms with Crippen LogP contribution >= 0.6 is 11.8 Å². The Hall–Kier alpha value is -2.02. The predicted molar refractivity (Wildman–Crippen MR) is 123 cm³/mol. The second-order valence-corrected chi connectivity index (χ2v) is 9.83. The Balaban J connectivity index is 2.93. The summed E-state index contributed by atoms with van der Waals surface area (Å²) < 4.78 is 4.81. The first-order chi connectivity index (χ1) is 14.0. The van der Waals surface area contributed by atoms with Gasteiger partial charge in [0, 0.05) is 5.56 Å². The van der Waals surface area contributed by atoms with Crippen LogP contribution in [0.15, 0.2) is 24.3 Å². The van der Waals surface area contributed by atoms with Gasteiger partial charge in [-0.3, -0.25) is 9.59 Å². The molecule has 0 spiro atoms. The van der Waals surface area contributed by atoms with Crippen LogP contribution in [0.25, 0.3) is 0 Å². The molecule has 0 aliphatic rings. The van der Waals surface area contributed by atoms with E-state index >= 15 is 0 Å². The van der Waals surface area contributed by atoms with Gasteiger partial charge in [0.25, 0.3) is 5.91 Å². The number of thioether (sulfide) groups is 1. The van der Waals surface area contributed by atoms with Gasteiger partial charge in [0.2, 0.25) is 5.91 Å². The molecule has 0 radical (unpaired) electrons. The fourth-order valence-corrected chi connectivity index (χ4v) is 3.44. The van der Waals surface area contributed by atoms with E-state index in [9.17, 15) is 14.4 Å². The molecule has 0 unspecified atom stereocenters. The molecule has 0 saturated heterocycles. The molecule has 0 bridgehead atoms. The van der Waals surface area contributed by atoms with Crippen LogP contribution in [0.3, 0.4) is 0 Å². The number of nitrogens with one attached hydrogen (secondary N) is 2. The first kappa shape index (κ1) is 26.0. The van der Waals surface area contributed by atoms with Gasteiger partial charge in [0.15, 0.2) is 0 Å². The lowest BCUT2D eigenvalue weighted by atomic mass is 9.86. The number of esters is 1. The molecule has 6 nitrogen and oxygen atoms in total. The quantitative estimate of drug-likeness (QED) is 0.548. The lowest BCUT2D eigenvalue weighted by molar-refractivity contribution is -0.145. The molecule has 0 saturated carbocycles. The summed E-state index contributed by atoms with van der Waals surface area (Å²) in [6, 6.07) is 5.95. The summed E-state index contributed by atoms with van der Waals surface area (Å²) in [5.74, 6) is -0.270. The molecule has 0 aliphatic heterocycles. The number of hydrogen-bond donors (Lipinski definition) is 2. The number of amides is 2. The molecule has 0 aromatic heterocycles. The smallest absolute Gasteiger partial charge is 0.328 e. The molecule has 1 aromatic rings. The zero-order valence-electron chi connectivity index (χ0n) is 19.2. The molecule has 168 valence electrons. The highest BCUT2D eigenvalue weighted by Gasteiger charge is 2.28. The van der Waals surface area contributed by atoms with Gasteiger partial charge in [-0.15, -0.1) is 0 Å². The van der Waals surface area contributed by atoms with Crippen LogP contribution in [-0.2, 0) is 19.7 Å². The number of benzene rings is 1. The van der Waals surface area contributed by atoms with Gasteiger partial charge in [0.1, 0.15) is 12.1 Å². The largest absolute Gasteiger partial charge is 0.467 e. The number of ether oxygens (including phenoxy) is 1. The van der Waals surface area contributed by atoms with Crippen molar-refractivity contribution < 1.29 is 19.1 Å². The van der Waals surface area contributed by atoms with E-state index in [1.807, 2.05) is 32.2 Å². The summed E-state index contributed by atoms with van der Waals surface area (Å²) in [6.45, 7) is 10.3. The van der Waals surface area contributed by atoms with Gasteiger partial charge < -0.3 is 15.4 Å². The van der Waals surface area contributed by atoms with E-state index in [1.165, 1.54) is 7.11 Å². The standard InChI is InChI=1S/C23H36N2O4S/c1-15(2)14-19(21(27)24-18(12-13-30-7)22(28)29-6)25-20(26)16-8-10-17(11-9-16)23(3,4)5/h8-11,15,18-19H,12-14H2,1-7H3,(H,24,27)(H,25,26)/t18-,19-/m0/s1. The highest BCUT2D eigenvalue weighted by Crippen LogP contribution is 2.22. The van der Waals surface area contributed by atoms with Gasteiger partial charge in [0.05, 0.1) is 7.11 Å². The first-order valence-electron chi connectivity index (χ1n) is 10.3. The van der Waals surface area contributed by atoms with Crippen LogP contribution in [0.2, 0.25) is 0 Å². The summed E-state index contributed by atoms with van der Waals surface area (Å²) in [5.41, 5.74) is 1.62. The number of hydrogen-bond acceptors (Lipinski definition) is 5. The van der Waals surface area contributed by atoms with Gasteiger partial charge in [-0.2, -0.15) is 11.8 Å². The summed E-state index contributed by atoms with van der Waals surface area (Å²) >= 11 is 1.59. The Morgan fingerprint density at radius 3 is 2.10 bits per heavy atom. The first-order valence-corrected chi connectivity index (χ1v) is 11.7. The Morgan fingerprint density at radius 1 is 1.03 bits per heavy atom. The second-order valence-electron chi connectivity index (χ2n) is 8.85. The number of rotatable bonds is 10. The molecule has 0 heterocycles. The minimum atomic E-state index is -0.735. The molecule has 1 aromatic carbocycles. The van der Waals surface area contributed by atoms with Gasteiger partial charge >= 0.3 is 5.97 Å². The van der Waals surface area contributed by atoms with Crippen molar-refractivity contribution in [2.24, 2.45) is 5.92 Å². The van der Waals surface area contributed by atoms with Crippen molar-refractivity contribution in [1.82, 2.24) is 10.6 Å². The molecular formula is C23H36N2O4S. The molecule has 2 atom stereocenters. The molecule has 0 fully saturated rings. The third-order valence-corrected chi connectivity index (χ3v) is 5.40. The van der Waals surface area contributed by atoms with Crippen molar-refractivity contribution in [2.75, 3.05) is 19.1 Å². The van der Waals surface area contributed by atoms with Crippen molar-refractivity contribution >= 4 is 29.5 Å². The number of carbonyl (C=O) groups is 3. The Kier molecular flexibility index (Phi) is 10.4. The van der Waals surface area contributed by atoms with Gasteiger partial charge in [-0.25, -0.2) is 4.79 Å². The highest BCUT2D eigenvalue weighted by molar-refractivity contribution is 7.98. The minimum Gasteiger partial charge on any atom is -0.467 e. The Labute approximate surface area is 184 Å². The van der Waals surface area contributed by atoms with Crippen LogP contribution < -0.4 is 10.6 Å². The van der Waals surface area contributed by atoms with E-state index in [2.05, 4.69) is 31.4 Å². The Bertz CT molecular complexity index is 711. The maximum Gasteiger partial charge on any atom is 0.328 e. The highest BCUT2D eigenvalue weighted by atomic mass is 32.2. The van der Waals surface area contributed by atoms with E-state index in [-0.39, 0.29) is 23.1 Å². The van der Waals surface area contributed by atoms with Crippen LogP contribution in [-0.4, -0.2) is 49.0 Å². The van der Waals surface area contributed by atoms with Crippen molar-refractivity contribution in [3.8, 4) is 0 Å². The van der Waals surface area contributed by atoms with Crippen LogP contribution in [0.4, 0.5) is 0 Å². The number of carbonyl (C=O) groups excluding carboxylic acids is 3. The van der Waals surface area contributed by atoms with E-state index in [0.717, 1.165) is 5.56 Å². The van der Waals surface area contributed by atoms with Crippen LogP contribution in [0, 0.1) is 5.92 Å². The van der Waals surface area contributed by atoms with Gasteiger partial charge in [-0.1, -0.05) is 46.8 Å². The van der Waals surface area contributed by atoms with E-state index < -0.39 is 18.1 Å². The van der Waals surface area contributed by atoms with Crippen LogP contribution in [0.1, 0.15) is 63.4 Å². The van der Waals surface area contributed by atoms with Crippen LogP contribution in [0.5, 0.6) is 0 Å². The topological polar surface area (TPSA) is 84.5 Å². The molecule has 30 heavy (non-hydrogen) atoms. The molecule has 2 amide bonds. The third kappa shape index (κ3) is 8.38. The zero-order chi connectivity index (χ0) is 22.9. The normalized spacial score (nSPS) is 13.5. The van der Waals surface area contributed by atoms with Crippen molar-refractivity contribution in [2.45, 2.75) is 65.0 Å². The summed E-state index contributed by atoms with van der Waals surface area (Å²) in [4.78, 5) is 37.7.